The van der Waals surface area contributed by atoms with Crippen LogP contribution < -0.4 is 16.4 Å². The quantitative estimate of drug-likeness (QED) is 0.656. The number of hydrogen-bond acceptors (Lipinski definition) is 6. The Labute approximate surface area is 142 Å². The third-order valence-corrected chi connectivity index (χ3v) is 3.48. The first-order valence-electron chi connectivity index (χ1n) is 7.38. The molecule has 1 aromatic carbocycles. The Morgan fingerprint density at radius 2 is 2.08 bits per heavy atom. The van der Waals surface area contributed by atoms with Gasteiger partial charge in [0.2, 0.25) is 5.95 Å². The summed E-state index contributed by atoms with van der Waals surface area (Å²) in [6.45, 7) is 1.74. The van der Waals surface area contributed by atoms with Crippen molar-refractivity contribution in [2.24, 2.45) is 12.8 Å². The molecule has 0 atom stereocenters. The molecule has 0 unspecified atom stereocenters. The Balaban J connectivity index is 1.97. The van der Waals surface area contributed by atoms with Gasteiger partial charge in [-0.2, -0.15) is 10.1 Å². The highest BCUT2D eigenvalue weighted by molar-refractivity contribution is 5.98. The van der Waals surface area contributed by atoms with Crippen molar-refractivity contribution in [3.05, 3.63) is 53.7 Å². The van der Waals surface area contributed by atoms with Crippen LogP contribution in [0, 0.1) is 12.7 Å². The Bertz CT molecular complexity index is 918. The molecule has 0 spiro atoms. The van der Waals surface area contributed by atoms with Crippen LogP contribution >= 0.6 is 0 Å². The number of carbonyl (C=O) groups is 1. The van der Waals surface area contributed by atoms with E-state index in [-0.39, 0.29) is 23.0 Å². The third kappa shape index (κ3) is 3.55. The van der Waals surface area contributed by atoms with Crippen molar-refractivity contribution in [1.29, 1.82) is 0 Å². The summed E-state index contributed by atoms with van der Waals surface area (Å²) in [5.74, 6) is -0.850. The number of rotatable bonds is 5. The number of hydrogen-bond donors (Lipinski definition) is 3. The van der Waals surface area contributed by atoms with Gasteiger partial charge < -0.3 is 16.4 Å². The Morgan fingerprint density at radius 1 is 1.28 bits per heavy atom. The van der Waals surface area contributed by atoms with Crippen molar-refractivity contribution < 1.29 is 9.18 Å². The van der Waals surface area contributed by atoms with E-state index in [1.165, 1.54) is 12.3 Å². The van der Waals surface area contributed by atoms with Crippen molar-refractivity contribution in [1.82, 2.24) is 19.7 Å². The summed E-state index contributed by atoms with van der Waals surface area (Å²) < 4.78 is 15.7. The first-order chi connectivity index (χ1) is 11.9. The molecule has 3 rings (SSSR count). The van der Waals surface area contributed by atoms with E-state index in [1.807, 2.05) is 0 Å². The lowest BCUT2D eigenvalue weighted by atomic mass is 10.2. The summed E-state index contributed by atoms with van der Waals surface area (Å²) in [5.41, 5.74) is 6.97. The van der Waals surface area contributed by atoms with E-state index in [2.05, 4.69) is 25.7 Å². The minimum atomic E-state index is -0.718. The normalized spacial score (nSPS) is 10.5. The van der Waals surface area contributed by atoms with Crippen LogP contribution in [0.25, 0.3) is 0 Å². The van der Waals surface area contributed by atoms with Crippen LogP contribution in [0.5, 0.6) is 0 Å². The molecule has 9 heteroatoms. The molecular formula is C16H16FN7O. The van der Waals surface area contributed by atoms with Crippen LogP contribution in [0.3, 0.4) is 0 Å². The van der Waals surface area contributed by atoms with Gasteiger partial charge in [0.05, 0.1) is 17.6 Å². The van der Waals surface area contributed by atoms with E-state index in [1.54, 1.807) is 43.2 Å². The smallest absolute Gasteiger partial charge is 0.254 e. The number of nitrogens with zero attached hydrogens (tertiary/aromatic N) is 4. The highest BCUT2D eigenvalue weighted by atomic mass is 19.1. The number of anilines is 4. The number of benzene rings is 1. The molecule has 3 aromatic rings. The maximum absolute atomic E-state index is 14.1. The van der Waals surface area contributed by atoms with Crippen molar-refractivity contribution in [2.45, 2.75) is 6.92 Å². The summed E-state index contributed by atoms with van der Waals surface area (Å²) in [5, 5.41) is 9.82. The van der Waals surface area contributed by atoms with Crippen LogP contribution in [0.2, 0.25) is 0 Å². The fourth-order valence-electron chi connectivity index (χ4n) is 2.24. The predicted molar refractivity (Wildman–Crippen MR) is 91.5 cm³/mol. The van der Waals surface area contributed by atoms with E-state index in [0.29, 0.717) is 11.3 Å². The van der Waals surface area contributed by atoms with Gasteiger partial charge in [-0.15, -0.1) is 0 Å². The first kappa shape index (κ1) is 16.4. The summed E-state index contributed by atoms with van der Waals surface area (Å²) in [7, 11) is 1.77. The second kappa shape index (κ2) is 6.56. The van der Waals surface area contributed by atoms with Crippen LogP contribution in [-0.2, 0) is 7.05 Å². The molecular weight excluding hydrogens is 325 g/mol. The zero-order valence-corrected chi connectivity index (χ0v) is 13.6. The summed E-state index contributed by atoms with van der Waals surface area (Å²) >= 11 is 0. The number of aromatic nitrogens is 4. The second-order valence-electron chi connectivity index (χ2n) is 5.40. The minimum Gasteiger partial charge on any atom is -0.365 e. The summed E-state index contributed by atoms with van der Waals surface area (Å²) in [6.07, 6.45) is 4.62. The SMILES string of the molecule is Cc1cccc(F)c1Nc1nc(Nc2cnn(C)c2)ncc1C(N)=O. The Morgan fingerprint density at radius 3 is 2.72 bits per heavy atom. The molecule has 0 aliphatic rings. The number of nitrogens with one attached hydrogen (secondary N) is 2. The molecule has 0 fully saturated rings. The van der Waals surface area contributed by atoms with Gasteiger partial charge in [0.15, 0.2) is 0 Å². The molecule has 2 aromatic heterocycles. The fraction of sp³-hybridized carbons (Fsp3) is 0.125. The highest BCUT2D eigenvalue weighted by Crippen LogP contribution is 2.25. The third-order valence-electron chi connectivity index (χ3n) is 3.48. The fourth-order valence-corrected chi connectivity index (χ4v) is 2.24. The van der Waals surface area contributed by atoms with Gasteiger partial charge in [-0.25, -0.2) is 9.37 Å². The molecule has 25 heavy (non-hydrogen) atoms. The summed E-state index contributed by atoms with van der Waals surface area (Å²) in [6, 6.07) is 4.65. The number of aryl methyl sites for hydroxylation is 2. The Hall–Kier alpha value is -3.49. The molecule has 1 amide bonds. The number of amides is 1. The number of primary amides is 1. The number of halogens is 1. The molecule has 0 aliphatic heterocycles. The topological polar surface area (TPSA) is 111 Å². The zero-order chi connectivity index (χ0) is 18.0. The lowest BCUT2D eigenvalue weighted by molar-refractivity contribution is 0.100. The van der Waals surface area contributed by atoms with Crippen LogP contribution in [0.1, 0.15) is 15.9 Å². The number of para-hydroxylation sites is 1. The Kier molecular flexibility index (Phi) is 4.29. The lowest BCUT2D eigenvalue weighted by Gasteiger charge is -2.13. The molecule has 0 saturated heterocycles. The number of carbonyl (C=O) groups excluding carboxylic acids is 1. The van der Waals surface area contributed by atoms with Crippen molar-refractivity contribution in [3.8, 4) is 0 Å². The standard InChI is InChI=1S/C16H16FN7O/c1-9-4-3-5-12(17)13(9)22-15-11(14(18)25)7-19-16(23-15)21-10-6-20-24(2)8-10/h3-8H,1-2H3,(H2,18,25)(H2,19,21,22,23). The monoisotopic (exact) mass is 341 g/mol. The van der Waals surface area contributed by atoms with Gasteiger partial charge in [-0.3, -0.25) is 9.48 Å². The minimum absolute atomic E-state index is 0.0550. The van der Waals surface area contributed by atoms with Gasteiger partial charge in [0.25, 0.3) is 5.91 Å². The van der Waals surface area contributed by atoms with E-state index in [9.17, 15) is 9.18 Å². The largest absolute Gasteiger partial charge is 0.365 e. The van der Waals surface area contributed by atoms with Gasteiger partial charge in [-0.1, -0.05) is 12.1 Å². The molecule has 8 nitrogen and oxygen atoms in total. The van der Waals surface area contributed by atoms with Crippen molar-refractivity contribution in [3.63, 3.8) is 0 Å². The van der Waals surface area contributed by atoms with E-state index < -0.39 is 11.7 Å². The maximum Gasteiger partial charge on any atom is 0.254 e. The molecule has 0 radical (unpaired) electrons. The van der Waals surface area contributed by atoms with Gasteiger partial charge >= 0.3 is 0 Å². The summed E-state index contributed by atoms with van der Waals surface area (Å²) in [4.78, 5) is 19.9. The lowest BCUT2D eigenvalue weighted by Crippen LogP contribution is -2.16. The predicted octanol–water partition coefficient (Wildman–Crippen LogP) is 2.24. The second-order valence-corrected chi connectivity index (χ2v) is 5.40. The molecule has 0 aliphatic carbocycles. The van der Waals surface area contributed by atoms with E-state index in [0.717, 1.165) is 0 Å². The average Bonchev–Trinajstić information content (AvgIpc) is 2.96. The zero-order valence-electron chi connectivity index (χ0n) is 13.6. The molecule has 128 valence electrons. The van der Waals surface area contributed by atoms with Crippen LogP contribution in [-0.4, -0.2) is 25.7 Å². The van der Waals surface area contributed by atoms with E-state index >= 15 is 0 Å². The van der Waals surface area contributed by atoms with Gasteiger partial charge in [0.1, 0.15) is 17.2 Å². The van der Waals surface area contributed by atoms with Crippen molar-refractivity contribution in [2.75, 3.05) is 10.6 Å². The van der Waals surface area contributed by atoms with Gasteiger partial charge in [0, 0.05) is 19.4 Å². The average molecular weight is 341 g/mol. The first-order valence-corrected chi connectivity index (χ1v) is 7.38. The molecule has 0 bridgehead atoms. The van der Waals surface area contributed by atoms with Crippen molar-refractivity contribution >= 4 is 29.0 Å². The number of nitrogens with two attached hydrogens (primary N) is 1. The van der Waals surface area contributed by atoms with Gasteiger partial charge in [-0.05, 0) is 18.6 Å². The molecule has 0 saturated carbocycles. The molecule has 4 N–H and O–H groups in total. The van der Waals surface area contributed by atoms with Crippen LogP contribution in [0.15, 0.2) is 36.8 Å². The van der Waals surface area contributed by atoms with E-state index in [4.69, 9.17) is 5.73 Å². The van der Waals surface area contributed by atoms with Crippen LogP contribution in [0.4, 0.5) is 27.5 Å². The maximum atomic E-state index is 14.1. The highest BCUT2D eigenvalue weighted by Gasteiger charge is 2.15. The molecule has 2 heterocycles.